The molecule has 2 nitrogen and oxygen atoms in total. The zero-order valence-corrected chi connectivity index (χ0v) is 11.7. The Morgan fingerprint density at radius 1 is 0.875 bits per heavy atom. The van der Waals surface area contributed by atoms with Gasteiger partial charge in [-0.2, -0.15) is 0 Å². The Balaban J connectivity index is 0. The summed E-state index contributed by atoms with van der Waals surface area (Å²) in [6.45, 7) is 8.62. The van der Waals surface area contributed by atoms with Crippen molar-refractivity contribution in [3.63, 3.8) is 0 Å². The van der Waals surface area contributed by atoms with E-state index in [-0.39, 0.29) is 6.10 Å². The molecule has 1 unspecified atom stereocenters. The van der Waals surface area contributed by atoms with E-state index in [1.807, 2.05) is 20.8 Å². The molecule has 0 bridgehead atoms. The first-order valence-electron chi connectivity index (χ1n) is 6.88. The average molecular weight is 232 g/mol. The fraction of sp³-hybridized carbons (Fsp3) is 1.00. The second-order valence-electron chi connectivity index (χ2n) is 4.71. The molecule has 100 valence electrons. The van der Waals surface area contributed by atoms with Crippen LogP contribution < -0.4 is 0 Å². The van der Waals surface area contributed by atoms with Crippen LogP contribution in [0.3, 0.4) is 0 Å². The van der Waals surface area contributed by atoms with Crippen LogP contribution in [0.4, 0.5) is 0 Å². The lowest BCUT2D eigenvalue weighted by molar-refractivity contribution is 0.121. The maximum atomic E-state index is 8.94. The first-order chi connectivity index (χ1) is 7.59. The summed E-state index contributed by atoms with van der Waals surface area (Å²) in [7, 11) is 0. The van der Waals surface area contributed by atoms with Crippen molar-refractivity contribution in [2.75, 3.05) is 6.61 Å². The van der Waals surface area contributed by atoms with Gasteiger partial charge in [0.25, 0.3) is 0 Å². The topological polar surface area (TPSA) is 40.5 Å². The molecular weight excluding hydrogens is 200 g/mol. The number of hydrogen-bond acceptors (Lipinski definition) is 2. The van der Waals surface area contributed by atoms with Gasteiger partial charge in [0.2, 0.25) is 0 Å². The normalized spacial score (nSPS) is 12.2. The fourth-order valence-corrected chi connectivity index (χ4v) is 1.36. The zero-order valence-electron chi connectivity index (χ0n) is 11.7. The zero-order chi connectivity index (χ0) is 12.8. The van der Waals surface area contributed by atoms with Crippen LogP contribution in [-0.2, 0) is 0 Å². The molecule has 0 rings (SSSR count). The van der Waals surface area contributed by atoms with E-state index in [0.29, 0.717) is 12.5 Å². The molecule has 0 radical (unpaired) electrons. The van der Waals surface area contributed by atoms with Gasteiger partial charge in [0.15, 0.2) is 0 Å². The standard InChI is InChI=1S/C8H18O.C6H14O/c1-2-3-4-5-6-7-8-9;1-4-6(7)5(2)3/h9H,2-8H2,1H3;5-7H,4H2,1-3H3. The molecule has 16 heavy (non-hydrogen) atoms. The molecule has 0 aliphatic heterocycles. The van der Waals surface area contributed by atoms with Crippen molar-refractivity contribution in [1.29, 1.82) is 0 Å². The quantitative estimate of drug-likeness (QED) is 0.626. The Hall–Kier alpha value is -0.0800. The molecule has 0 heterocycles. The van der Waals surface area contributed by atoms with Crippen molar-refractivity contribution in [3.8, 4) is 0 Å². The van der Waals surface area contributed by atoms with Crippen LogP contribution in [0, 0.1) is 5.92 Å². The van der Waals surface area contributed by atoms with Crippen LogP contribution in [0.5, 0.6) is 0 Å². The first kappa shape index (κ1) is 18.3. The maximum Gasteiger partial charge on any atom is 0.0560 e. The van der Waals surface area contributed by atoms with Gasteiger partial charge in [0, 0.05) is 6.61 Å². The number of aliphatic hydroxyl groups excluding tert-OH is 2. The highest BCUT2D eigenvalue weighted by molar-refractivity contribution is 4.54. The Kier molecular flexibility index (Phi) is 17.1. The van der Waals surface area contributed by atoms with Crippen LogP contribution >= 0.6 is 0 Å². The predicted octanol–water partition coefficient (Wildman–Crippen LogP) is 3.75. The lowest BCUT2D eigenvalue weighted by atomic mass is 10.1. The molecular formula is C14H32O2. The second kappa shape index (κ2) is 14.9. The molecule has 0 saturated heterocycles. The van der Waals surface area contributed by atoms with E-state index in [0.717, 1.165) is 12.8 Å². The Morgan fingerprint density at radius 2 is 1.38 bits per heavy atom. The number of aliphatic hydroxyl groups is 2. The second-order valence-corrected chi connectivity index (χ2v) is 4.71. The van der Waals surface area contributed by atoms with E-state index >= 15 is 0 Å². The molecule has 2 heteroatoms. The van der Waals surface area contributed by atoms with Crippen LogP contribution in [0.25, 0.3) is 0 Å². The van der Waals surface area contributed by atoms with E-state index in [1.54, 1.807) is 0 Å². The van der Waals surface area contributed by atoms with Gasteiger partial charge >= 0.3 is 0 Å². The van der Waals surface area contributed by atoms with E-state index in [9.17, 15) is 0 Å². The summed E-state index contributed by atoms with van der Waals surface area (Å²) < 4.78 is 0. The van der Waals surface area contributed by atoms with Crippen molar-refractivity contribution in [3.05, 3.63) is 0 Å². The highest BCUT2D eigenvalue weighted by Crippen LogP contribution is 2.03. The molecule has 0 aliphatic rings. The maximum absolute atomic E-state index is 8.94. The summed E-state index contributed by atoms with van der Waals surface area (Å²) >= 11 is 0. The number of rotatable bonds is 8. The van der Waals surface area contributed by atoms with Gasteiger partial charge in [-0.05, 0) is 18.8 Å². The third kappa shape index (κ3) is 16.4. The molecule has 1 atom stereocenters. The summed E-state index contributed by atoms with van der Waals surface area (Å²) in [5, 5.41) is 17.4. The number of hydrogen-bond donors (Lipinski definition) is 2. The van der Waals surface area contributed by atoms with Crippen molar-refractivity contribution >= 4 is 0 Å². The fourth-order valence-electron chi connectivity index (χ4n) is 1.36. The van der Waals surface area contributed by atoms with Gasteiger partial charge in [-0.1, -0.05) is 59.8 Å². The minimum atomic E-state index is -0.0972. The number of unbranched alkanes of at least 4 members (excludes halogenated alkanes) is 5. The minimum absolute atomic E-state index is 0.0972. The predicted molar refractivity (Wildman–Crippen MR) is 71.6 cm³/mol. The molecule has 0 aromatic carbocycles. The van der Waals surface area contributed by atoms with E-state index < -0.39 is 0 Å². The summed E-state index contributed by atoms with van der Waals surface area (Å²) in [6, 6.07) is 0. The Bertz CT molecular complexity index is 107. The third-order valence-electron chi connectivity index (χ3n) is 2.70. The Labute approximate surface area is 102 Å². The van der Waals surface area contributed by atoms with Crippen LogP contribution in [-0.4, -0.2) is 22.9 Å². The summed E-state index contributed by atoms with van der Waals surface area (Å²) in [5.74, 6) is 0.421. The molecule has 0 saturated carbocycles. The van der Waals surface area contributed by atoms with Crippen molar-refractivity contribution in [2.45, 2.75) is 78.7 Å². The lowest BCUT2D eigenvalue weighted by Crippen LogP contribution is -2.11. The van der Waals surface area contributed by atoms with Crippen LogP contribution in [0.2, 0.25) is 0 Å². The van der Waals surface area contributed by atoms with Gasteiger partial charge in [0.05, 0.1) is 6.10 Å². The molecule has 0 fully saturated rings. The average Bonchev–Trinajstić information content (AvgIpc) is 2.28. The third-order valence-corrected chi connectivity index (χ3v) is 2.70. The van der Waals surface area contributed by atoms with E-state index in [2.05, 4.69) is 6.92 Å². The SMILES string of the molecule is CCC(O)C(C)C.CCCCCCCCO. The largest absolute Gasteiger partial charge is 0.396 e. The van der Waals surface area contributed by atoms with Gasteiger partial charge in [0.1, 0.15) is 0 Å². The monoisotopic (exact) mass is 232 g/mol. The summed E-state index contributed by atoms with van der Waals surface area (Å²) in [5.41, 5.74) is 0. The van der Waals surface area contributed by atoms with Crippen LogP contribution in [0.15, 0.2) is 0 Å². The Morgan fingerprint density at radius 3 is 1.69 bits per heavy atom. The van der Waals surface area contributed by atoms with Crippen molar-refractivity contribution in [2.24, 2.45) is 5.92 Å². The van der Waals surface area contributed by atoms with Gasteiger partial charge in [-0.25, -0.2) is 0 Å². The van der Waals surface area contributed by atoms with Crippen LogP contribution in [0.1, 0.15) is 72.6 Å². The van der Waals surface area contributed by atoms with E-state index in [1.165, 1.54) is 32.1 Å². The minimum Gasteiger partial charge on any atom is -0.396 e. The van der Waals surface area contributed by atoms with E-state index in [4.69, 9.17) is 10.2 Å². The molecule has 0 amide bonds. The van der Waals surface area contributed by atoms with Gasteiger partial charge in [-0.15, -0.1) is 0 Å². The smallest absolute Gasteiger partial charge is 0.0560 e. The highest BCUT2D eigenvalue weighted by Gasteiger charge is 2.03. The van der Waals surface area contributed by atoms with Crippen molar-refractivity contribution in [1.82, 2.24) is 0 Å². The molecule has 0 aromatic heterocycles. The molecule has 2 N–H and O–H groups in total. The first-order valence-corrected chi connectivity index (χ1v) is 6.88. The lowest BCUT2D eigenvalue weighted by Gasteiger charge is -2.09. The highest BCUT2D eigenvalue weighted by atomic mass is 16.3. The molecule has 0 spiro atoms. The van der Waals surface area contributed by atoms with Gasteiger partial charge in [-0.3, -0.25) is 0 Å². The summed E-state index contributed by atoms with van der Waals surface area (Å²) in [4.78, 5) is 0. The summed E-state index contributed by atoms with van der Waals surface area (Å²) in [6.07, 6.45) is 8.27. The molecule has 0 aliphatic carbocycles. The van der Waals surface area contributed by atoms with Gasteiger partial charge < -0.3 is 10.2 Å². The molecule has 0 aromatic rings. The van der Waals surface area contributed by atoms with Crippen molar-refractivity contribution < 1.29 is 10.2 Å².